The van der Waals surface area contributed by atoms with E-state index in [2.05, 4.69) is 4.98 Å². The Morgan fingerprint density at radius 3 is 2.93 bits per heavy atom. The summed E-state index contributed by atoms with van der Waals surface area (Å²) in [6.45, 7) is 4.62. The van der Waals surface area contributed by atoms with Crippen molar-refractivity contribution in [3.63, 3.8) is 0 Å². The second-order valence-electron chi connectivity index (χ2n) is 3.24. The number of aromatic nitrogens is 1. The Balaban J connectivity index is 2.83. The van der Waals surface area contributed by atoms with Crippen LogP contribution in [0.3, 0.4) is 0 Å². The molecule has 0 radical (unpaired) electrons. The summed E-state index contributed by atoms with van der Waals surface area (Å²) in [5.41, 5.74) is 5.52. The molecule has 1 atom stereocenters. The maximum absolute atomic E-state index is 11.0. The molecular formula is C9H14N2O2S. The molecule has 1 unspecified atom stereocenters. The van der Waals surface area contributed by atoms with E-state index >= 15 is 0 Å². The highest BCUT2D eigenvalue weighted by atomic mass is 32.1. The number of carbonyl (C=O) groups excluding carboxylic acids is 1. The summed E-state index contributed by atoms with van der Waals surface area (Å²) in [7, 11) is 0. The molecule has 1 aromatic heterocycles. The Labute approximate surface area is 87.1 Å². The molecule has 0 aliphatic rings. The first-order valence-corrected chi connectivity index (χ1v) is 5.26. The van der Waals surface area contributed by atoms with E-state index in [1.807, 2.05) is 6.92 Å². The van der Waals surface area contributed by atoms with E-state index in [9.17, 15) is 4.79 Å². The lowest BCUT2D eigenvalue weighted by molar-refractivity contribution is -0.114. The number of anilines is 1. The first-order valence-electron chi connectivity index (χ1n) is 4.38. The molecule has 5 heteroatoms. The van der Waals surface area contributed by atoms with Crippen molar-refractivity contribution in [1.29, 1.82) is 0 Å². The lowest BCUT2D eigenvalue weighted by Crippen LogP contribution is -2.30. The number of carbonyl (C=O) groups is 1. The SMILES string of the molecule is CCOCC(C)(C=O)c1csc(N)n1. The van der Waals surface area contributed by atoms with Crippen molar-refractivity contribution in [3.8, 4) is 0 Å². The van der Waals surface area contributed by atoms with E-state index < -0.39 is 5.41 Å². The number of hydrogen-bond donors (Lipinski definition) is 1. The Bertz CT molecular complexity index is 314. The molecule has 0 amide bonds. The molecular weight excluding hydrogens is 200 g/mol. The molecule has 0 aliphatic heterocycles. The number of nitrogens with two attached hydrogens (primary N) is 1. The van der Waals surface area contributed by atoms with Gasteiger partial charge in [-0.05, 0) is 13.8 Å². The highest BCUT2D eigenvalue weighted by Crippen LogP contribution is 2.24. The third-order valence-corrected chi connectivity index (χ3v) is 2.65. The summed E-state index contributed by atoms with van der Waals surface area (Å²) in [6, 6.07) is 0. The minimum absolute atomic E-state index is 0.343. The van der Waals surface area contributed by atoms with E-state index in [-0.39, 0.29) is 0 Å². The van der Waals surface area contributed by atoms with Gasteiger partial charge < -0.3 is 15.3 Å². The van der Waals surface area contributed by atoms with E-state index in [0.29, 0.717) is 24.0 Å². The molecule has 78 valence electrons. The third-order valence-electron chi connectivity index (χ3n) is 1.97. The van der Waals surface area contributed by atoms with Gasteiger partial charge in [0.05, 0.1) is 17.7 Å². The Hall–Kier alpha value is -0.940. The maximum atomic E-state index is 11.0. The van der Waals surface area contributed by atoms with E-state index in [0.717, 1.165) is 6.29 Å². The predicted molar refractivity (Wildman–Crippen MR) is 56.4 cm³/mol. The van der Waals surface area contributed by atoms with Crippen molar-refractivity contribution in [2.45, 2.75) is 19.3 Å². The summed E-state index contributed by atoms with van der Waals surface area (Å²) in [5.74, 6) is 0. The lowest BCUT2D eigenvalue weighted by Gasteiger charge is -2.19. The number of aldehydes is 1. The highest BCUT2D eigenvalue weighted by Gasteiger charge is 2.29. The van der Waals surface area contributed by atoms with Crippen molar-refractivity contribution in [1.82, 2.24) is 4.98 Å². The Morgan fingerprint density at radius 2 is 2.50 bits per heavy atom. The average molecular weight is 214 g/mol. The van der Waals surface area contributed by atoms with E-state index in [4.69, 9.17) is 10.5 Å². The van der Waals surface area contributed by atoms with Crippen LogP contribution in [0.1, 0.15) is 19.5 Å². The maximum Gasteiger partial charge on any atom is 0.180 e. The number of ether oxygens (including phenoxy) is 1. The molecule has 0 saturated carbocycles. The van der Waals surface area contributed by atoms with Crippen LogP contribution < -0.4 is 5.73 Å². The number of thiazole rings is 1. The molecule has 0 spiro atoms. The molecule has 1 aromatic rings. The zero-order valence-corrected chi connectivity index (χ0v) is 9.13. The van der Waals surface area contributed by atoms with Crippen LogP contribution in [0.2, 0.25) is 0 Å². The molecule has 0 fully saturated rings. The second-order valence-corrected chi connectivity index (χ2v) is 4.13. The molecule has 1 heterocycles. The van der Waals surface area contributed by atoms with Gasteiger partial charge in [-0.3, -0.25) is 0 Å². The van der Waals surface area contributed by atoms with Crippen LogP contribution in [0, 0.1) is 0 Å². The fraction of sp³-hybridized carbons (Fsp3) is 0.556. The van der Waals surface area contributed by atoms with Crippen molar-refractivity contribution < 1.29 is 9.53 Å². The normalized spacial score (nSPS) is 15.0. The summed E-state index contributed by atoms with van der Waals surface area (Å²) < 4.78 is 5.25. The molecule has 2 N–H and O–H groups in total. The van der Waals surface area contributed by atoms with Crippen molar-refractivity contribution in [2.75, 3.05) is 18.9 Å². The fourth-order valence-corrected chi connectivity index (χ4v) is 1.74. The van der Waals surface area contributed by atoms with Gasteiger partial charge in [0.1, 0.15) is 6.29 Å². The lowest BCUT2D eigenvalue weighted by atomic mass is 9.90. The van der Waals surface area contributed by atoms with E-state index in [1.165, 1.54) is 11.3 Å². The van der Waals surface area contributed by atoms with Crippen molar-refractivity contribution >= 4 is 22.8 Å². The summed E-state index contributed by atoms with van der Waals surface area (Å²) in [6.07, 6.45) is 0.858. The minimum Gasteiger partial charge on any atom is -0.380 e. The molecule has 1 rings (SSSR count). The van der Waals surface area contributed by atoms with Gasteiger partial charge in [-0.25, -0.2) is 4.98 Å². The van der Waals surface area contributed by atoms with Crippen LogP contribution in [-0.4, -0.2) is 24.5 Å². The van der Waals surface area contributed by atoms with Crippen LogP contribution >= 0.6 is 11.3 Å². The fourth-order valence-electron chi connectivity index (χ4n) is 1.03. The largest absolute Gasteiger partial charge is 0.380 e. The van der Waals surface area contributed by atoms with Crippen LogP contribution in [0.25, 0.3) is 0 Å². The Morgan fingerprint density at radius 1 is 1.79 bits per heavy atom. The van der Waals surface area contributed by atoms with Crippen LogP contribution in [0.15, 0.2) is 5.38 Å². The van der Waals surface area contributed by atoms with Gasteiger partial charge in [0.25, 0.3) is 0 Å². The zero-order valence-electron chi connectivity index (χ0n) is 8.32. The summed E-state index contributed by atoms with van der Waals surface area (Å²) in [5, 5.41) is 2.27. The molecule has 4 nitrogen and oxygen atoms in total. The minimum atomic E-state index is -0.676. The number of rotatable bonds is 5. The van der Waals surface area contributed by atoms with Crippen molar-refractivity contribution in [3.05, 3.63) is 11.1 Å². The predicted octanol–water partition coefficient (Wildman–Crippen LogP) is 1.22. The van der Waals surface area contributed by atoms with Gasteiger partial charge in [-0.2, -0.15) is 0 Å². The van der Waals surface area contributed by atoms with Gasteiger partial charge in [-0.1, -0.05) is 0 Å². The van der Waals surface area contributed by atoms with Gasteiger partial charge in [0.15, 0.2) is 5.13 Å². The zero-order chi connectivity index (χ0) is 10.6. The third kappa shape index (κ3) is 2.30. The highest BCUT2D eigenvalue weighted by molar-refractivity contribution is 7.13. The van der Waals surface area contributed by atoms with Gasteiger partial charge in [0, 0.05) is 12.0 Å². The standard InChI is InChI=1S/C9H14N2O2S/c1-3-13-6-9(2,5-12)7-4-14-8(10)11-7/h4-5H,3,6H2,1-2H3,(H2,10,11). The van der Waals surface area contributed by atoms with Crippen LogP contribution in [0.5, 0.6) is 0 Å². The van der Waals surface area contributed by atoms with Gasteiger partial charge in [-0.15, -0.1) is 11.3 Å². The molecule has 14 heavy (non-hydrogen) atoms. The van der Waals surface area contributed by atoms with Gasteiger partial charge >= 0.3 is 0 Å². The topological polar surface area (TPSA) is 65.2 Å². The number of nitrogens with zero attached hydrogens (tertiary/aromatic N) is 1. The monoisotopic (exact) mass is 214 g/mol. The van der Waals surface area contributed by atoms with E-state index in [1.54, 1.807) is 12.3 Å². The molecule has 0 saturated heterocycles. The van der Waals surface area contributed by atoms with Crippen LogP contribution in [0.4, 0.5) is 5.13 Å². The quantitative estimate of drug-likeness (QED) is 0.748. The summed E-state index contributed by atoms with van der Waals surface area (Å²) in [4.78, 5) is 15.1. The smallest absolute Gasteiger partial charge is 0.180 e. The number of hydrogen-bond acceptors (Lipinski definition) is 5. The van der Waals surface area contributed by atoms with Crippen molar-refractivity contribution in [2.24, 2.45) is 0 Å². The summed E-state index contributed by atoms with van der Waals surface area (Å²) >= 11 is 1.33. The second kappa shape index (κ2) is 4.52. The average Bonchev–Trinajstić information content (AvgIpc) is 2.62. The number of nitrogen functional groups attached to an aromatic ring is 1. The van der Waals surface area contributed by atoms with Gasteiger partial charge in [0.2, 0.25) is 0 Å². The first kappa shape index (κ1) is 11.1. The molecule has 0 aromatic carbocycles. The first-order chi connectivity index (χ1) is 6.62. The van der Waals surface area contributed by atoms with Crippen LogP contribution in [-0.2, 0) is 14.9 Å². The Kier molecular flexibility index (Phi) is 3.60. The molecule has 0 aliphatic carbocycles. The molecule has 0 bridgehead atoms.